The Morgan fingerprint density at radius 3 is 2.25 bits per heavy atom. The first-order valence-electron chi connectivity index (χ1n) is 11.5. The van der Waals surface area contributed by atoms with Crippen LogP contribution in [0.1, 0.15) is 35.2 Å². The molecule has 3 aromatic carbocycles. The first-order chi connectivity index (χ1) is 17.3. The molecule has 2 N–H and O–H groups in total. The van der Waals surface area contributed by atoms with Crippen LogP contribution in [-0.4, -0.2) is 40.4 Å². The summed E-state index contributed by atoms with van der Waals surface area (Å²) in [5.74, 6) is -2.12. The number of carboxylic acids is 1. The largest absolute Gasteiger partial charge is 0.480 e. The van der Waals surface area contributed by atoms with Crippen LogP contribution in [0.25, 0.3) is 17.2 Å². The lowest BCUT2D eigenvalue weighted by molar-refractivity contribution is -0.150. The van der Waals surface area contributed by atoms with Crippen molar-refractivity contribution in [3.05, 3.63) is 99.7 Å². The van der Waals surface area contributed by atoms with Crippen molar-refractivity contribution in [1.29, 1.82) is 0 Å². The van der Waals surface area contributed by atoms with E-state index in [0.29, 0.717) is 40.4 Å². The topological polar surface area (TPSA) is 86.7 Å². The fraction of sp³-hybridized carbons (Fsp3) is 0.179. The summed E-state index contributed by atoms with van der Waals surface area (Å²) in [5.41, 5.74) is 2.82. The van der Waals surface area contributed by atoms with Crippen LogP contribution in [0.2, 0.25) is 10.0 Å². The lowest BCUT2D eigenvalue weighted by atomic mass is 10.0. The molecule has 36 heavy (non-hydrogen) atoms. The van der Waals surface area contributed by atoms with E-state index in [1.807, 2.05) is 42.5 Å². The van der Waals surface area contributed by atoms with Crippen molar-refractivity contribution in [3.8, 4) is 11.1 Å². The van der Waals surface area contributed by atoms with Gasteiger partial charge in [-0.2, -0.15) is 0 Å². The molecular formula is C28H24Cl2N2O4. The minimum absolute atomic E-state index is 0.0429. The van der Waals surface area contributed by atoms with Crippen LogP contribution in [0, 0.1) is 0 Å². The van der Waals surface area contributed by atoms with E-state index in [9.17, 15) is 19.5 Å². The van der Waals surface area contributed by atoms with Gasteiger partial charge in [-0.05, 0) is 66.3 Å². The van der Waals surface area contributed by atoms with Gasteiger partial charge in [-0.1, -0.05) is 71.7 Å². The number of hydrogen-bond donors (Lipinski definition) is 2. The first kappa shape index (κ1) is 25.5. The zero-order valence-corrected chi connectivity index (χ0v) is 20.8. The van der Waals surface area contributed by atoms with E-state index in [-0.39, 0.29) is 12.2 Å². The Bertz CT molecular complexity index is 1310. The van der Waals surface area contributed by atoms with Gasteiger partial charge in [0, 0.05) is 12.1 Å². The molecule has 1 aliphatic rings. The number of hydrogen-bond acceptors (Lipinski definition) is 3. The molecule has 1 heterocycles. The van der Waals surface area contributed by atoms with E-state index in [0.717, 1.165) is 11.1 Å². The highest BCUT2D eigenvalue weighted by molar-refractivity contribution is 6.42. The Kier molecular flexibility index (Phi) is 8.08. The number of nitrogens with zero attached hydrogens (tertiary/aromatic N) is 1. The van der Waals surface area contributed by atoms with Crippen molar-refractivity contribution >= 4 is 47.1 Å². The molecule has 0 aliphatic carbocycles. The number of rotatable bonds is 6. The van der Waals surface area contributed by atoms with Crippen LogP contribution >= 0.6 is 23.2 Å². The van der Waals surface area contributed by atoms with E-state index < -0.39 is 23.8 Å². The predicted molar refractivity (Wildman–Crippen MR) is 141 cm³/mol. The van der Waals surface area contributed by atoms with Gasteiger partial charge in [-0.15, -0.1) is 0 Å². The summed E-state index contributed by atoms with van der Waals surface area (Å²) in [6.07, 6.45) is 3.24. The SMILES string of the molecule is O=C(N/C(=C/c1ccc(Cl)c(Cl)c1)C(=O)N1CCCCC1C(=O)O)c1ccc(-c2ccccc2)cc1. The number of likely N-dealkylation sites (tertiary alicyclic amines) is 1. The number of piperidine rings is 1. The Hall–Kier alpha value is -3.61. The summed E-state index contributed by atoms with van der Waals surface area (Å²) in [6, 6.07) is 20.6. The average molecular weight is 523 g/mol. The van der Waals surface area contributed by atoms with Gasteiger partial charge in [0.05, 0.1) is 10.0 Å². The number of halogens is 2. The summed E-state index contributed by atoms with van der Waals surface area (Å²) in [4.78, 5) is 39.7. The molecule has 184 valence electrons. The molecule has 2 amide bonds. The van der Waals surface area contributed by atoms with E-state index >= 15 is 0 Å². The van der Waals surface area contributed by atoms with Gasteiger partial charge in [-0.3, -0.25) is 9.59 Å². The summed E-state index contributed by atoms with van der Waals surface area (Å²) >= 11 is 12.1. The summed E-state index contributed by atoms with van der Waals surface area (Å²) in [5, 5.41) is 13.0. The van der Waals surface area contributed by atoms with Crippen LogP contribution in [0.15, 0.2) is 78.5 Å². The second kappa shape index (κ2) is 11.4. The van der Waals surface area contributed by atoms with Gasteiger partial charge >= 0.3 is 5.97 Å². The molecule has 8 heteroatoms. The Labute approximate surface area is 219 Å². The minimum Gasteiger partial charge on any atom is -0.480 e. The van der Waals surface area contributed by atoms with Crippen LogP contribution in [0.5, 0.6) is 0 Å². The standard InChI is InChI=1S/C28H24Cl2N2O4/c29-22-14-9-18(16-23(22)30)17-24(27(34)32-15-5-4-8-25(32)28(35)36)31-26(33)21-12-10-20(11-13-21)19-6-2-1-3-7-19/h1-3,6-7,9-14,16-17,25H,4-5,8,15H2,(H,31,33)(H,35,36)/b24-17+. The van der Waals surface area contributed by atoms with Crippen LogP contribution < -0.4 is 5.32 Å². The molecule has 4 rings (SSSR count). The van der Waals surface area contributed by atoms with Gasteiger partial charge < -0.3 is 15.3 Å². The average Bonchev–Trinajstić information content (AvgIpc) is 2.90. The zero-order chi connectivity index (χ0) is 25.7. The van der Waals surface area contributed by atoms with Gasteiger partial charge in [0.15, 0.2) is 0 Å². The number of carbonyl (C=O) groups is 3. The molecule has 0 radical (unpaired) electrons. The maximum atomic E-state index is 13.5. The summed E-state index contributed by atoms with van der Waals surface area (Å²) in [7, 11) is 0. The Morgan fingerprint density at radius 1 is 0.889 bits per heavy atom. The van der Waals surface area contributed by atoms with Crippen molar-refractivity contribution in [3.63, 3.8) is 0 Å². The van der Waals surface area contributed by atoms with Crippen LogP contribution in [0.4, 0.5) is 0 Å². The number of benzene rings is 3. The molecule has 1 unspecified atom stereocenters. The number of amides is 2. The lowest BCUT2D eigenvalue weighted by Crippen LogP contribution is -2.50. The molecule has 0 saturated carbocycles. The van der Waals surface area contributed by atoms with Crippen LogP contribution in [0.3, 0.4) is 0 Å². The number of aliphatic carboxylic acids is 1. The molecule has 1 aliphatic heterocycles. The van der Waals surface area contributed by atoms with E-state index in [2.05, 4.69) is 5.32 Å². The van der Waals surface area contributed by atoms with Crippen LogP contribution in [-0.2, 0) is 9.59 Å². The van der Waals surface area contributed by atoms with Gasteiger partial charge in [0.1, 0.15) is 11.7 Å². The minimum atomic E-state index is -1.07. The summed E-state index contributed by atoms with van der Waals surface area (Å²) < 4.78 is 0. The molecular weight excluding hydrogens is 499 g/mol. The third kappa shape index (κ3) is 5.96. The molecule has 1 atom stereocenters. The Balaban J connectivity index is 1.63. The van der Waals surface area contributed by atoms with Gasteiger partial charge in [-0.25, -0.2) is 4.79 Å². The highest BCUT2D eigenvalue weighted by atomic mass is 35.5. The number of carbonyl (C=O) groups excluding carboxylic acids is 2. The lowest BCUT2D eigenvalue weighted by Gasteiger charge is -2.33. The van der Waals surface area contributed by atoms with Gasteiger partial charge in [0.2, 0.25) is 0 Å². The third-order valence-corrected chi connectivity index (χ3v) is 6.78. The van der Waals surface area contributed by atoms with Crippen molar-refractivity contribution in [2.75, 3.05) is 6.54 Å². The molecule has 0 spiro atoms. The van der Waals surface area contributed by atoms with Gasteiger partial charge in [0.25, 0.3) is 11.8 Å². The second-order valence-electron chi connectivity index (χ2n) is 8.48. The molecule has 3 aromatic rings. The van der Waals surface area contributed by atoms with Crippen molar-refractivity contribution in [2.24, 2.45) is 0 Å². The van der Waals surface area contributed by atoms with Crippen molar-refractivity contribution in [1.82, 2.24) is 10.2 Å². The first-order valence-corrected chi connectivity index (χ1v) is 12.3. The molecule has 0 bridgehead atoms. The van der Waals surface area contributed by atoms with E-state index in [4.69, 9.17) is 23.2 Å². The van der Waals surface area contributed by atoms with Crippen molar-refractivity contribution in [2.45, 2.75) is 25.3 Å². The van der Waals surface area contributed by atoms with E-state index in [1.54, 1.807) is 30.3 Å². The molecule has 1 saturated heterocycles. The number of nitrogens with one attached hydrogen (secondary N) is 1. The summed E-state index contributed by atoms with van der Waals surface area (Å²) in [6.45, 7) is 0.288. The fourth-order valence-electron chi connectivity index (χ4n) is 4.15. The second-order valence-corrected chi connectivity index (χ2v) is 9.29. The quantitative estimate of drug-likeness (QED) is 0.394. The van der Waals surface area contributed by atoms with E-state index in [1.165, 1.54) is 11.0 Å². The maximum Gasteiger partial charge on any atom is 0.326 e. The Morgan fingerprint density at radius 2 is 1.58 bits per heavy atom. The predicted octanol–water partition coefficient (Wildman–Crippen LogP) is 5.90. The molecule has 6 nitrogen and oxygen atoms in total. The number of carboxylic acid groups (broad SMARTS) is 1. The smallest absolute Gasteiger partial charge is 0.326 e. The highest BCUT2D eigenvalue weighted by Crippen LogP contribution is 2.25. The fourth-order valence-corrected chi connectivity index (χ4v) is 4.45. The zero-order valence-electron chi connectivity index (χ0n) is 19.3. The molecule has 1 fully saturated rings. The normalized spacial score (nSPS) is 15.9. The monoisotopic (exact) mass is 522 g/mol. The highest BCUT2D eigenvalue weighted by Gasteiger charge is 2.34. The van der Waals surface area contributed by atoms with Crippen molar-refractivity contribution < 1.29 is 19.5 Å². The maximum absolute atomic E-state index is 13.5. The third-order valence-electron chi connectivity index (χ3n) is 6.04. The molecule has 0 aromatic heterocycles.